The molecule has 0 fully saturated rings. The molecule has 0 atom stereocenters. The summed E-state index contributed by atoms with van der Waals surface area (Å²) in [6, 6.07) is 7.71. The van der Waals surface area contributed by atoms with E-state index in [2.05, 4.69) is 0 Å². The van der Waals surface area contributed by atoms with Crippen molar-refractivity contribution in [2.45, 2.75) is 6.61 Å². The van der Waals surface area contributed by atoms with Gasteiger partial charge in [-0.3, -0.25) is 0 Å². The molecule has 0 saturated carbocycles. The zero-order valence-electron chi connectivity index (χ0n) is 6.90. The highest BCUT2D eigenvalue weighted by atomic mass is 16.3. The lowest BCUT2D eigenvalue weighted by Crippen LogP contribution is -1.91. The number of hydrogen-bond acceptors (Lipinski definition) is 2. The zero-order valence-corrected chi connectivity index (χ0v) is 6.90. The third kappa shape index (κ3) is 2.49. The second-order valence-corrected chi connectivity index (χ2v) is 2.54. The maximum atomic E-state index is 8.77. The monoisotopic (exact) mass is 163 g/mol. The van der Waals surface area contributed by atoms with Crippen molar-refractivity contribution in [1.29, 1.82) is 0 Å². The van der Waals surface area contributed by atoms with Crippen LogP contribution in [0, 0.1) is 0 Å². The number of aliphatic hydroxyl groups excluding tert-OH is 1. The smallest absolute Gasteiger partial charge is 0.0681 e. The van der Waals surface area contributed by atoms with Crippen molar-refractivity contribution in [3.8, 4) is 0 Å². The summed E-state index contributed by atoms with van der Waals surface area (Å²) in [6.07, 6.45) is 3.86. The van der Waals surface area contributed by atoms with Crippen LogP contribution >= 0.6 is 0 Å². The largest absolute Gasteiger partial charge is 0.392 e. The van der Waals surface area contributed by atoms with E-state index in [1.54, 1.807) is 0 Å². The number of aliphatic hydroxyl groups is 1. The van der Waals surface area contributed by atoms with Gasteiger partial charge in [0.2, 0.25) is 0 Å². The average molecular weight is 163 g/mol. The molecule has 3 N–H and O–H groups in total. The molecule has 0 unspecified atom stereocenters. The van der Waals surface area contributed by atoms with E-state index in [0.29, 0.717) is 6.54 Å². The van der Waals surface area contributed by atoms with Crippen LogP contribution in [0.4, 0.5) is 0 Å². The predicted octanol–water partition coefficient (Wildman–Crippen LogP) is 1.15. The third-order valence-electron chi connectivity index (χ3n) is 1.61. The van der Waals surface area contributed by atoms with Gasteiger partial charge in [-0.15, -0.1) is 0 Å². The van der Waals surface area contributed by atoms with E-state index in [4.69, 9.17) is 10.8 Å². The van der Waals surface area contributed by atoms with E-state index in [9.17, 15) is 0 Å². The van der Waals surface area contributed by atoms with Crippen LogP contribution in [0.25, 0.3) is 6.08 Å². The van der Waals surface area contributed by atoms with Crippen molar-refractivity contribution in [3.05, 3.63) is 41.5 Å². The van der Waals surface area contributed by atoms with Gasteiger partial charge in [0.05, 0.1) is 6.61 Å². The number of benzene rings is 1. The highest BCUT2D eigenvalue weighted by molar-refractivity contribution is 5.49. The zero-order chi connectivity index (χ0) is 8.81. The van der Waals surface area contributed by atoms with E-state index < -0.39 is 0 Å². The maximum absolute atomic E-state index is 8.77. The number of nitrogens with two attached hydrogens (primary N) is 1. The summed E-state index contributed by atoms with van der Waals surface area (Å²) in [5.74, 6) is 0. The molecule has 0 aliphatic heterocycles. The van der Waals surface area contributed by atoms with Crippen molar-refractivity contribution in [1.82, 2.24) is 0 Å². The Morgan fingerprint density at radius 1 is 1.25 bits per heavy atom. The Balaban J connectivity index is 2.71. The van der Waals surface area contributed by atoms with Crippen LogP contribution in [0.1, 0.15) is 11.1 Å². The van der Waals surface area contributed by atoms with Crippen LogP contribution in [0.2, 0.25) is 0 Å². The van der Waals surface area contributed by atoms with E-state index in [0.717, 1.165) is 11.1 Å². The molecule has 12 heavy (non-hydrogen) atoms. The van der Waals surface area contributed by atoms with Gasteiger partial charge >= 0.3 is 0 Å². The van der Waals surface area contributed by atoms with Crippen LogP contribution in [0.5, 0.6) is 0 Å². The first-order valence-corrected chi connectivity index (χ1v) is 3.93. The summed E-state index contributed by atoms with van der Waals surface area (Å²) in [6.45, 7) is 0.655. The standard InChI is InChI=1S/C10H13NO/c11-7-1-2-9-3-5-10(8-12)6-4-9/h1-6,12H,7-8,11H2/b2-1+. The second kappa shape index (κ2) is 4.70. The summed E-state index contributed by atoms with van der Waals surface area (Å²) in [5.41, 5.74) is 7.35. The Bertz CT molecular complexity index is 251. The minimum absolute atomic E-state index is 0.0981. The van der Waals surface area contributed by atoms with Gasteiger partial charge in [-0.05, 0) is 11.1 Å². The van der Waals surface area contributed by atoms with Crippen LogP contribution in [-0.4, -0.2) is 11.7 Å². The van der Waals surface area contributed by atoms with Gasteiger partial charge < -0.3 is 10.8 Å². The summed E-state index contributed by atoms with van der Waals surface area (Å²) in [5, 5.41) is 8.77. The summed E-state index contributed by atoms with van der Waals surface area (Å²) in [4.78, 5) is 0. The first-order valence-electron chi connectivity index (χ1n) is 3.93. The predicted molar refractivity (Wildman–Crippen MR) is 50.5 cm³/mol. The fourth-order valence-corrected chi connectivity index (χ4v) is 0.938. The third-order valence-corrected chi connectivity index (χ3v) is 1.61. The summed E-state index contributed by atoms with van der Waals surface area (Å²) >= 11 is 0. The molecule has 0 aliphatic carbocycles. The molecule has 2 heteroatoms. The molecule has 0 bridgehead atoms. The quantitative estimate of drug-likeness (QED) is 0.702. The van der Waals surface area contributed by atoms with Crippen LogP contribution in [0.15, 0.2) is 30.3 Å². The van der Waals surface area contributed by atoms with Crippen LogP contribution in [0.3, 0.4) is 0 Å². The number of hydrogen-bond donors (Lipinski definition) is 2. The van der Waals surface area contributed by atoms with E-state index >= 15 is 0 Å². The highest BCUT2D eigenvalue weighted by Crippen LogP contribution is 2.05. The summed E-state index contributed by atoms with van der Waals surface area (Å²) < 4.78 is 0. The Morgan fingerprint density at radius 3 is 2.42 bits per heavy atom. The molecule has 0 aromatic heterocycles. The molecule has 0 spiro atoms. The lowest BCUT2D eigenvalue weighted by Gasteiger charge is -1.96. The molecule has 1 aromatic rings. The molecule has 0 amide bonds. The molecule has 64 valence electrons. The van der Waals surface area contributed by atoms with Crippen molar-refractivity contribution >= 4 is 6.08 Å². The van der Waals surface area contributed by atoms with Gasteiger partial charge in [-0.1, -0.05) is 36.4 Å². The minimum atomic E-state index is 0.0981. The van der Waals surface area contributed by atoms with Crippen molar-refractivity contribution < 1.29 is 5.11 Å². The minimum Gasteiger partial charge on any atom is -0.392 e. The second-order valence-electron chi connectivity index (χ2n) is 2.54. The topological polar surface area (TPSA) is 46.2 Å². The molecule has 0 aliphatic rings. The Kier molecular flexibility index (Phi) is 3.51. The van der Waals surface area contributed by atoms with Crippen molar-refractivity contribution in [3.63, 3.8) is 0 Å². The van der Waals surface area contributed by atoms with Crippen molar-refractivity contribution in [2.24, 2.45) is 5.73 Å². The van der Waals surface area contributed by atoms with E-state index in [1.807, 2.05) is 36.4 Å². The molecule has 0 heterocycles. The average Bonchev–Trinajstić information content (AvgIpc) is 2.15. The molecule has 2 nitrogen and oxygen atoms in total. The fourth-order valence-electron chi connectivity index (χ4n) is 0.938. The number of rotatable bonds is 3. The van der Waals surface area contributed by atoms with Gasteiger partial charge in [-0.25, -0.2) is 0 Å². The molecular weight excluding hydrogens is 150 g/mol. The highest BCUT2D eigenvalue weighted by Gasteiger charge is 1.88. The maximum Gasteiger partial charge on any atom is 0.0681 e. The molecule has 1 rings (SSSR count). The fraction of sp³-hybridized carbons (Fsp3) is 0.200. The van der Waals surface area contributed by atoms with Gasteiger partial charge in [-0.2, -0.15) is 0 Å². The molecule has 0 radical (unpaired) electrons. The van der Waals surface area contributed by atoms with Crippen LogP contribution in [-0.2, 0) is 6.61 Å². The SMILES string of the molecule is NC/C=C/c1ccc(CO)cc1. The molecular formula is C10H13NO. The van der Waals surface area contributed by atoms with Crippen LogP contribution < -0.4 is 5.73 Å². The summed E-state index contributed by atoms with van der Waals surface area (Å²) in [7, 11) is 0. The van der Waals surface area contributed by atoms with Gasteiger partial charge in [0.25, 0.3) is 0 Å². The lowest BCUT2D eigenvalue weighted by molar-refractivity contribution is 0.282. The van der Waals surface area contributed by atoms with E-state index in [1.165, 1.54) is 0 Å². The first kappa shape index (κ1) is 8.97. The van der Waals surface area contributed by atoms with Gasteiger partial charge in [0.15, 0.2) is 0 Å². The van der Waals surface area contributed by atoms with Crippen molar-refractivity contribution in [2.75, 3.05) is 6.54 Å². The Hall–Kier alpha value is -1.12. The first-order chi connectivity index (χ1) is 5.86. The molecule has 1 aromatic carbocycles. The van der Waals surface area contributed by atoms with E-state index in [-0.39, 0.29) is 6.61 Å². The van der Waals surface area contributed by atoms with Gasteiger partial charge in [0.1, 0.15) is 0 Å². The Morgan fingerprint density at radius 2 is 1.92 bits per heavy atom. The van der Waals surface area contributed by atoms with Gasteiger partial charge in [0, 0.05) is 6.54 Å². The molecule has 0 saturated heterocycles. The Labute approximate surface area is 72.3 Å². The lowest BCUT2D eigenvalue weighted by atomic mass is 10.1. The normalized spacial score (nSPS) is 10.8.